The molecule has 0 heterocycles. The van der Waals surface area contributed by atoms with Crippen LogP contribution < -0.4 is 8.91 Å². The fourth-order valence-corrected chi connectivity index (χ4v) is 1.47. The van der Waals surface area contributed by atoms with Crippen LogP contribution in [0, 0.1) is 0 Å². The van der Waals surface area contributed by atoms with Gasteiger partial charge in [-0.2, -0.15) is 8.42 Å². The molecule has 0 aliphatic carbocycles. The molecule has 0 saturated carbocycles. The maximum atomic E-state index is 12.0. The second-order valence-corrected chi connectivity index (χ2v) is 4.01. The van der Waals surface area contributed by atoms with E-state index in [9.17, 15) is 16.5 Å². The minimum Gasteiger partial charge on any atom is -0.358 e. The lowest BCUT2D eigenvalue weighted by atomic mass is 10.3. The van der Waals surface area contributed by atoms with Crippen LogP contribution in [0.1, 0.15) is 0 Å². The maximum Gasteiger partial charge on any atom is 0.488 e. The highest BCUT2D eigenvalue weighted by atomic mass is 32.3. The first-order valence-electron chi connectivity index (χ1n) is 3.48. The van der Waals surface area contributed by atoms with E-state index in [2.05, 4.69) is 8.91 Å². The number of anilines is 1. The summed E-state index contributed by atoms with van der Waals surface area (Å²) in [6.45, 7) is 0. The molecule has 15 heavy (non-hydrogen) atoms. The van der Waals surface area contributed by atoms with Crippen LogP contribution in [0.5, 0.6) is 5.75 Å². The minimum atomic E-state index is -5.04. The summed E-state index contributed by atoms with van der Waals surface area (Å²) in [6, 6.07) is 4.78. The maximum absolute atomic E-state index is 12.0. The molecule has 84 valence electrons. The van der Waals surface area contributed by atoms with Crippen LogP contribution in [0.3, 0.4) is 0 Å². The molecule has 1 aromatic rings. The molecule has 0 aromatic heterocycles. The molecule has 0 amide bonds. The first kappa shape index (κ1) is 11.9. The number of nitrogens with one attached hydrogen (secondary N) is 1. The Morgan fingerprint density at radius 3 is 2.27 bits per heavy atom. The largest absolute Gasteiger partial charge is 0.488 e. The molecule has 2 N–H and O–H groups in total. The van der Waals surface area contributed by atoms with Gasteiger partial charge in [0.2, 0.25) is 0 Å². The summed E-state index contributed by atoms with van der Waals surface area (Å²) >= 11 is -2.23. The van der Waals surface area contributed by atoms with Gasteiger partial charge in [0, 0.05) is 5.69 Å². The number of hydrogen-bond donors (Lipinski definition) is 2. The van der Waals surface area contributed by atoms with Crippen molar-refractivity contribution in [3.05, 3.63) is 24.3 Å². The van der Waals surface area contributed by atoms with Crippen LogP contribution in [0.25, 0.3) is 0 Å². The normalized spacial score (nSPS) is 13.2. The smallest absolute Gasteiger partial charge is 0.358 e. The molecule has 1 rings (SSSR count). The van der Waals surface area contributed by atoms with E-state index in [1.54, 1.807) is 0 Å². The Morgan fingerprint density at radius 2 is 1.87 bits per heavy atom. The van der Waals surface area contributed by atoms with E-state index in [0.717, 1.165) is 12.1 Å². The summed E-state index contributed by atoms with van der Waals surface area (Å²) in [5.74, 6) is -0.230. The Hall–Kier alpha value is -1.19. The average molecular weight is 255 g/mol. The summed E-state index contributed by atoms with van der Waals surface area (Å²) in [5.41, 5.74) is 0.263. The SMILES string of the molecule is O=S(O)Nc1ccc(OS(=O)(=O)F)cc1. The Labute approximate surface area is 87.9 Å². The molecule has 1 atom stereocenters. The van der Waals surface area contributed by atoms with Gasteiger partial charge in [0.15, 0.2) is 0 Å². The Morgan fingerprint density at radius 1 is 1.33 bits per heavy atom. The standard InChI is InChI=1S/C6H6FNO5S2/c7-15(11,12)13-6-3-1-5(2-4-6)8-14(9)10/h1-4,8H,(H,9,10). The van der Waals surface area contributed by atoms with Gasteiger partial charge in [0.05, 0.1) is 0 Å². The zero-order valence-corrected chi connectivity index (χ0v) is 8.72. The minimum absolute atomic E-state index is 0.230. The van der Waals surface area contributed by atoms with Gasteiger partial charge < -0.3 is 4.18 Å². The van der Waals surface area contributed by atoms with Crippen molar-refractivity contribution >= 4 is 27.5 Å². The lowest BCUT2D eigenvalue weighted by Gasteiger charge is -2.02. The quantitative estimate of drug-likeness (QED) is 0.614. The van der Waals surface area contributed by atoms with Crippen molar-refractivity contribution in [3.8, 4) is 5.75 Å². The molecule has 6 nitrogen and oxygen atoms in total. The zero-order valence-electron chi connectivity index (χ0n) is 7.08. The number of rotatable bonds is 4. The van der Waals surface area contributed by atoms with Crippen molar-refractivity contribution in [3.63, 3.8) is 0 Å². The summed E-state index contributed by atoms with van der Waals surface area (Å²) in [5, 5.41) is 0. The predicted octanol–water partition coefficient (Wildman–Crippen LogP) is 0.828. The van der Waals surface area contributed by atoms with Gasteiger partial charge in [-0.05, 0) is 24.3 Å². The van der Waals surface area contributed by atoms with Crippen LogP contribution in [0.4, 0.5) is 9.57 Å². The third kappa shape index (κ3) is 4.72. The molecular weight excluding hydrogens is 249 g/mol. The third-order valence-electron chi connectivity index (χ3n) is 1.26. The molecular formula is C6H6FNO5S2. The second kappa shape index (κ2) is 4.55. The van der Waals surface area contributed by atoms with Crippen LogP contribution in [0.2, 0.25) is 0 Å². The van der Waals surface area contributed by atoms with Gasteiger partial charge in [-0.15, -0.1) is 0 Å². The second-order valence-electron chi connectivity index (χ2n) is 2.35. The molecule has 1 aromatic carbocycles. The summed E-state index contributed by atoms with van der Waals surface area (Å²) in [4.78, 5) is 0. The summed E-state index contributed by atoms with van der Waals surface area (Å²) < 4.78 is 56.9. The van der Waals surface area contributed by atoms with Crippen LogP contribution in [-0.4, -0.2) is 17.2 Å². The van der Waals surface area contributed by atoms with Crippen LogP contribution >= 0.6 is 0 Å². The lowest BCUT2D eigenvalue weighted by Crippen LogP contribution is -2.03. The molecule has 0 spiro atoms. The summed E-state index contributed by atoms with van der Waals surface area (Å²) in [7, 11) is -5.04. The van der Waals surface area contributed by atoms with Crippen molar-refractivity contribution in [2.24, 2.45) is 0 Å². The molecule has 0 aliphatic rings. The highest BCUT2D eigenvalue weighted by Crippen LogP contribution is 2.17. The fraction of sp³-hybridized carbons (Fsp3) is 0. The van der Waals surface area contributed by atoms with E-state index in [4.69, 9.17) is 4.55 Å². The molecule has 0 fully saturated rings. The zero-order chi connectivity index (χ0) is 11.5. The Kier molecular flexibility index (Phi) is 3.61. The van der Waals surface area contributed by atoms with Gasteiger partial charge in [-0.25, -0.2) is 4.21 Å². The lowest BCUT2D eigenvalue weighted by molar-refractivity contribution is 0.440. The van der Waals surface area contributed by atoms with Gasteiger partial charge in [0.25, 0.3) is 11.3 Å². The van der Waals surface area contributed by atoms with Crippen molar-refractivity contribution in [2.75, 3.05) is 4.72 Å². The highest BCUT2D eigenvalue weighted by molar-refractivity contribution is 7.81. The number of benzene rings is 1. The number of halogens is 1. The van der Waals surface area contributed by atoms with Crippen molar-refractivity contribution < 1.29 is 25.2 Å². The predicted molar refractivity (Wildman–Crippen MR) is 51.5 cm³/mol. The summed E-state index contributed by atoms with van der Waals surface area (Å²) in [6.07, 6.45) is 0. The van der Waals surface area contributed by atoms with Gasteiger partial charge in [-0.3, -0.25) is 9.27 Å². The van der Waals surface area contributed by atoms with Crippen molar-refractivity contribution in [1.29, 1.82) is 0 Å². The van der Waals surface area contributed by atoms with E-state index >= 15 is 0 Å². The molecule has 0 radical (unpaired) electrons. The van der Waals surface area contributed by atoms with E-state index < -0.39 is 21.8 Å². The van der Waals surface area contributed by atoms with E-state index in [-0.39, 0.29) is 11.4 Å². The number of hydrogen-bond acceptors (Lipinski definition) is 4. The van der Waals surface area contributed by atoms with Crippen molar-refractivity contribution in [1.82, 2.24) is 0 Å². The fourth-order valence-electron chi connectivity index (χ4n) is 0.794. The first-order valence-corrected chi connectivity index (χ1v) is 5.90. The van der Waals surface area contributed by atoms with E-state index in [1.165, 1.54) is 12.1 Å². The highest BCUT2D eigenvalue weighted by Gasteiger charge is 2.08. The Bertz CT molecular complexity index is 457. The monoisotopic (exact) mass is 255 g/mol. The van der Waals surface area contributed by atoms with Gasteiger partial charge in [-0.1, -0.05) is 3.89 Å². The molecule has 9 heteroatoms. The average Bonchev–Trinajstić information content (AvgIpc) is 2.05. The van der Waals surface area contributed by atoms with Gasteiger partial charge >= 0.3 is 10.5 Å². The van der Waals surface area contributed by atoms with Gasteiger partial charge in [0.1, 0.15) is 5.75 Å². The molecule has 0 aliphatic heterocycles. The topological polar surface area (TPSA) is 92.7 Å². The Balaban J connectivity index is 2.77. The van der Waals surface area contributed by atoms with Crippen LogP contribution in [0.15, 0.2) is 24.3 Å². The van der Waals surface area contributed by atoms with Crippen LogP contribution in [-0.2, 0) is 21.8 Å². The molecule has 0 bridgehead atoms. The third-order valence-corrected chi connectivity index (χ3v) is 2.06. The van der Waals surface area contributed by atoms with E-state index in [0.29, 0.717) is 0 Å². The van der Waals surface area contributed by atoms with Crippen molar-refractivity contribution in [2.45, 2.75) is 0 Å². The molecule has 0 saturated heterocycles. The van der Waals surface area contributed by atoms with E-state index in [1.807, 2.05) is 0 Å². The first-order chi connectivity index (χ1) is 6.87. The molecule has 1 unspecified atom stereocenters.